The monoisotopic (exact) mass is 263 g/mol. The van der Waals surface area contributed by atoms with Crippen LogP contribution in [0, 0.1) is 0 Å². The van der Waals surface area contributed by atoms with Gasteiger partial charge in [-0.1, -0.05) is 0 Å². The molecule has 0 saturated heterocycles. The quantitative estimate of drug-likeness (QED) is 0.830. The highest BCUT2D eigenvalue weighted by atomic mass is 32.1. The molecule has 0 amide bonds. The number of carbonyl (C=O) groups is 1. The van der Waals surface area contributed by atoms with Gasteiger partial charge in [-0.05, 0) is 24.8 Å². The van der Waals surface area contributed by atoms with Gasteiger partial charge in [0.2, 0.25) is 0 Å². The molecular weight excluding hydrogens is 250 g/mol. The molecule has 0 radical (unpaired) electrons. The van der Waals surface area contributed by atoms with Crippen LogP contribution in [0.25, 0.3) is 10.2 Å². The van der Waals surface area contributed by atoms with E-state index in [-0.39, 0.29) is 12.4 Å². The van der Waals surface area contributed by atoms with Gasteiger partial charge >= 0.3 is 5.97 Å². The number of nitrogens with two attached hydrogens (primary N) is 1. The first-order valence-electron chi connectivity index (χ1n) is 5.82. The largest absolute Gasteiger partial charge is 0.469 e. The normalized spacial score (nSPS) is 13.8. The zero-order valence-electron chi connectivity index (χ0n) is 10.0. The molecule has 0 fully saturated rings. The SMILES string of the molecule is COC(=O)Cc1nc(N)c2c3c(sc2n1)CCC3. The van der Waals surface area contributed by atoms with Crippen molar-refractivity contribution in [1.82, 2.24) is 9.97 Å². The molecule has 94 valence electrons. The number of carbonyl (C=O) groups excluding carboxylic acids is 1. The first kappa shape index (κ1) is 11.4. The van der Waals surface area contributed by atoms with Crippen molar-refractivity contribution in [2.24, 2.45) is 0 Å². The lowest BCUT2D eigenvalue weighted by molar-refractivity contribution is -0.139. The van der Waals surface area contributed by atoms with Gasteiger partial charge in [0.1, 0.15) is 22.9 Å². The fourth-order valence-corrected chi connectivity index (χ4v) is 3.64. The summed E-state index contributed by atoms with van der Waals surface area (Å²) in [7, 11) is 1.35. The zero-order chi connectivity index (χ0) is 12.7. The van der Waals surface area contributed by atoms with Gasteiger partial charge in [-0.15, -0.1) is 11.3 Å². The lowest BCUT2D eigenvalue weighted by Gasteiger charge is -2.02. The van der Waals surface area contributed by atoms with Crippen molar-refractivity contribution in [3.63, 3.8) is 0 Å². The molecular formula is C12H13N3O2S. The highest BCUT2D eigenvalue weighted by Gasteiger charge is 2.21. The summed E-state index contributed by atoms with van der Waals surface area (Å²) in [6, 6.07) is 0. The van der Waals surface area contributed by atoms with Crippen molar-refractivity contribution < 1.29 is 9.53 Å². The van der Waals surface area contributed by atoms with E-state index in [1.165, 1.54) is 24.0 Å². The first-order chi connectivity index (χ1) is 8.69. The molecule has 0 atom stereocenters. The summed E-state index contributed by atoms with van der Waals surface area (Å²) in [5.41, 5.74) is 7.30. The minimum absolute atomic E-state index is 0.0687. The molecule has 0 saturated carbocycles. The summed E-state index contributed by atoms with van der Waals surface area (Å²) in [6.45, 7) is 0. The average molecular weight is 263 g/mol. The molecule has 0 aliphatic heterocycles. The molecule has 0 spiro atoms. The fraction of sp³-hybridized carbons (Fsp3) is 0.417. The van der Waals surface area contributed by atoms with Crippen LogP contribution in [-0.4, -0.2) is 23.0 Å². The number of esters is 1. The maximum atomic E-state index is 11.2. The number of aryl methyl sites for hydroxylation is 2. The third-order valence-electron chi connectivity index (χ3n) is 3.17. The molecule has 2 aromatic rings. The van der Waals surface area contributed by atoms with Crippen molar-refractivity contribution in [1.29, 1.82) is 0 Å². The van der Waals surface area contributed by atoms with Gasteiger partial charge < -0.3 is 10.5 Å². The van der Waals surface area contributed by atoms with E-state index in [1.54, 1.807) is 11.3 Å². The molecule has 3 rings (SSSR count). The molecule has 0 unspecified atom stereocenters. The Morgan fingerprint density at radius 1 is 1.44 bits per heavy atom. The second-order valence-electron chi connectivity index (χ2n) is 4.32. The summed E-state index contributed by atoms with van der Waals surface area (Å²) in [6.07, 6.45) is 3.40. The Kier molecular flexibility index (Phi) is 2.66. The number of anilines is 1. The van der Waals surface area contributed by atoms with E-state index in [4.69, 9.17) is 5.73 Å². The lowest BCUT2D eigenvalue weighted by Crippen LogP contribution is -2.09. The molecule has 2 N–H and O–H groups in total. The molecule has 0 bridgehead atoms. The summed E-state index contributed by atoms with van der Waals surface area (Å²) in [5.74, 6) is 0.572. The highest BCUT2D eigenvalue weighted by Crippen LogP contribution is 2.38. The van der Waals surface area contributed by atoms with Crippen molar-refractivity contribution >= 4 is 33.3 Å². The van der Waals surface area contributed by atoms with E-state index in [0.717, 1.165) is 23.1 Å². The second-order valence-corrected chi connectivity index (χ2v) is 5.40. The van der Waals surface area contributed by atoms with Gasteiger partial charge in [0, 0.05) is 4.88 Å². The third-order valence-corrected chi connectivity index (χ3v) is 4.35. The first-order valence-corrected chi connectivity index (χ1v) is 6.64. The minimum Gasteiger partial charge on any atom is -0.469 e. The van der Waals surface area contributed by atoms with E-state index in [9.17, 15) is 4.79 Å². The number of rotatable bonds is 2. The van der Waals surface area contributed by atoms with Crippen LogP contribution in [0.3, 0.4) is 0 Å². The topological polar surface area (TPSA) is 78.1 Å². The smallest absolute Gasteiger partial charge is 0.313 e. The number of aromatic nitrogens is 2. The van der Waals surface area contributed by atoms with E-state index < -0.39 is 0 Å². The Morgan fingerprint density at radius 2 is 2.28 bits per heavy atom. The number of nitrogen functional groups attached to an aromatic ring is 1. The molecule has 0 aromatic carbocycles. The van der Waals surface area contributed by atoms with Crippen LogP contribution < -0.4 is 5.73 Å². The third kappa shape index (κ3) is 1.73. The summed E-state index contributed by atoms with van der Waals surface area (Å²) >= 11 is 1.67. The van der Waals surface area contributed by atoms with Crippen molar-refractivity contribution in [2.75, 3.05) is 12.8 Å². The van der Waals surface area contributed by atoms with Crippen LogP contribution in [0.1, 0.15) is 22.7 Å². The van der Waals surface area contributed by atoms with Crippen LogP contribution in [0.15, 0.2) is 0 Å². The Morgan fingerprint density at radius 3 is 3.06 bits per heavy atom. The number of hydrogen-bond acceptors (Lipinski definition) is 6. The molecule has 18 heavy (non-hydrogen) atoms. The van der Waals surface area contributed by atoms with Crippen LogP contribution >= 0.6 is 11.3 Å². The van der Waals surface area contributed by atoms with Gasteiger partial charge in [0.05, 0.1) is 12.5 Å². The zero-order valence-corrected chi connectivity index (χ0v) is 10.8. The standard InChI is InChI=1S/C12H13N3O2S/c1-17-9(16)5-8-14-11(13)10-6-3-2-4-7(6)18-12(10)15-8/h2-5H2,1H3,(H2,13,14,15). The number of thiophene rings is 1. The van der Waals surface area contributed by atoms with E-state index in [1.807, 2.05) is 0 Å². The van der Waals surface area contributed by atoms with Crippen LogP contribution in [0.2, 0.25) is 0 Å². The van der Waals surface area contributed by atoms with Crippen molar-refractivity contribution in [3.05, 3.63) is 16.3 Å². The predicted octanol–water partition coefficient (Wildman–Crippen LogP) is 1.48. The number of nitrogens with zero attached hydrogens (tertiary/aromatic N) is 2. The van der Waals surface area contributed by atoms with Gasteiger partial charge in [0.15, 0.2) is 0 Å². The Balaban J connectivity index is 2.09. The van der Waals surface area contributed by atoms with Gasteiger partial charge in [-0.3, -0.25) is 4.79 Å². The van der Waals surface area contributed by atoms with Crippen molar-refractivity contribution in [3.8, 4) is 0 Å². The maximum absolute atomic E-state index is 11.2. The predicted molar refractivity (Wildman–Crippen MR) is 69.6 cm³/mol. The molecule has 5 nitrogen and oxygen atoms in total. The maximum Gasteiger partial charge on any atom is 0.313 e. The summed E-state index contributed by atoms with van der Waals surface area (Å²) in [4.78, 5) is 22.1. The number of ether oxygens (including phenoxy) is 1. The van der Waals surface area contributed by atoms with Gasteiger partial charge in [-0.2, -0.15) is 0 Å². The molecule has 6 heteroatoms. The molecule has 1 aliphatic carbocycles. The Bertz CT molecular complexity index is 636. The number of methoxy groups -OCH3 is 1. The fourth-order valence-electron chi connectivity index (χ4n) is 2.35. The van der Waals surface area contributed by atoms with Gasteiger partial charge in [0.25, 0.3) is 0 Å². The lowest BCUT2D eigenvalue weighted by atomic mass is 10.2. The Labute approximate surface area is 108 Å². The second kappa shape index (κ2) is 4.20. The number of fused-ring (bicyclic) bond motifs is 3. The van der Waals surface area contributed by atoms with Crippen LogP contribution in [0.4, 0.5) is 5.82 Å². The van der Waals surface area contributed by atoms with E-state index in [2.05, 4.69) is 14.7 Å². The summed E-state index contributed by atoms with van der Waals surface area (Å²) in [5, 5.41) is 0.987. The minimum atomic E-state index is -0.349. The highest BCUT2D eigenvalue weighted by molar-refractivity contribution is 7.19. The molecule has 2 heterocycles. The van der Waals surface area contributed by atoms with Gasteiger partial charge in [-0.25, -0.2) is 9.97 Å². The Hall–Kier alpha value is -1.69. The van der Waals surface area contributed by atoms with E-state index in [0.29, 0.717) is 11.6 Å². The molecule has 1 aliphatic rings. The van der Waals surface area contributed by atoms with Crippen LogP contribution in [0.5, 0.6) is 0 Å². The number of hydrogen-bond donors (Lipinski definition) is 1. The van der Waals surface area contributed by atoms with Crippen LogP contribution in [-0.2, 0) is 28.8 Å². The molecule has 2 aromatic heterocycles. The van der Waals surface area contributed by atoms with E-state index >= 15 is 0 Å². The average Bonchev–Trinajstić information content (AvgIpc) is 2.87. The van der Waals surface area contributed by atoms with Crippen molar-refractivity contribution in [2.45, 2.75) is 25.7 Å². The summed E-state index contributed by atoms with van der Waals surface area (Å²) < 4.78 is 4.61.